The van der Waals surface area contributed by atoms with Gasteiger partial charge in [0.05, 0.1) is 12.5 Å². The number of rotatable bonds is 3. The number of halogens is 1. The summed E-state index contributed by atoms with van der Waals surface area (Å²) in [6, 6.07) is 5.90. The van der Waals surface area contributed by atoms with Crippen molar-refractivity contribution < 1.29 is 14.0 Å². The Bertz CT molecular complexity index is 762. The van der Waals surface area contributed by atoms with Crippen molar-refractivity contribution >= 4 is 11.8 Å². The van der Waals surface area contributed by atoms with Gasteiger partial charge >= 0.3 is 0 Å². The Morgan fingerprint density at radius 3 is 2.24 bits per heavy atom. The maximum absolute atomic E-state index is 13.1. The molecule has 2 amide bonds. The second-order valence-electron chi connectivity index (χ2n) is 6.40. The van der Waals surface area contributed by atoms with Crippen LogP contribution in [0.5, 0.6) is 0 Å². The smallest absolute Gasteiger partial charge is 0.272 e. The highest BCUT2D eigenvalue weighted by atomic mass is 19.1. The molecule has 0 unspecified atom stereocenters. The van der Waals surface area contributed by atoms with Crippen LogP contribution >= 0.6 is 0 Å². The molecule has 0 radical (unpaired) electrons. The SMILES string of the molecule is CC(C)C(=O)N1CCN(C(=O)c2cncn2-c2ccc(F)cc2)CC1. The van der Waals surface area contributed by atoms with Gasteiger partial charge in [-0.25, -0.2) is 9.37 Å². The summed E-state index contributed by atoms with van der Waals surface area (Å²) in [5.41, 5.74) is 1.10. The molecule has 6 nitrogen and oxygen atoms in total. The highest BCUT2D eigenvalue weighted by Gasteiger charge is 2.27. The normalized spacial score (nSPS) is 14.9. The molecule has 1 aromatic carbocycles. The van der Waals surface area contributed by atoms with E-state index >= 15 is 0 Å². The minimum atomic E-state index is -0.331. The molecule has 0 saturated carbocycles. The van der Waals surface area contributed by atoms with E-state index in [0.717, 1.165) is 0 Å². The summed E-state index contributed by atoms with van der Waals surface area (Å²) >= 11 is 0. The quantitative estimate of drug-likeness (QED) is 0.855. The van der Waals surface area contributed by atoms with Crippen LogP contribution < -0.4 is 0 Å². The van der Waals surface area contributed by atoms with Crippen LogP contribution in [0.25, 0.3) is 5.69 Å². The van der Waals surface area contributed by atoms with E-state index < -0.39 is 0 Å². The molecule has 0 atom stereocenters. The maximum atomic E-state index is 13.1. The van der Waals surface area contributed by atoms with Gasteiger partial charge in [0.2, 0.25) is 5.91 Å². The Kier molecular flexibility index (Phi) is 4.83. The van der Waals surface area contributed by atoms with Crippen LogP contribution in [0.1, 0.15) is 24.3 Å². The van der Waals surface area contributed by atoms with Crippen LogP contribution in [0.3, 0.4) is 0 Å². The zero-order chi connectivity index (χ0) is 18.0. The van der Waals surface area contributed by atoms with E-state index in [-0.39, 0.29) is 23.5 Å². The third kappa shape index (κ3) is 3.55. The average molecular weight is 344 g/mol. The van der Waals surface area contributed by atoms with E-state index in [1.54, 1.807) is 32.8 Å². The summed E-state index contributed by atoms with van der Waals surface area (Å²) in [5, 5.41) is 0. The monoisotopic (exact) mass is 344 g/mol. The van der Waals surface area contributed by atoms with Gasteiger partial charge in [-0.15, -0.1) is 0 Å². The summed E-state index contributed by atoms with van der Waals surface area (Å²) in [5.74, 6) is -0.397. The lowest BCUT2D eigenvalue weighted by atomic mass is 10.1. The molecule has 0 bridgehead atoms. The third-order valence-electron chi connectivity index (χ3n) is 4.33. The van der Waals surface area contributed by atoms with Crippen molar-refractivity contribution in [3.63, 3.8) is 0 Å². The number of piperazine rings is 1. The standard InChI is InChI=1S/C18H21FN4O2/c1-13(2)17(24)21-7-9-22(10-8-21)18(25)16-11-20-12-23(16)15-5-3-14(19)4-6-15/h3-6,11-13H,7-10H2,1-2H3. The number of benzene rings is 1. The van der Waals surface area contributed by atoms with Gasteiger partial charge in [-0.3, -0.25) is 14.2 Å². The lowest BCUT2D eigenvalue weighted by Crippen LogP contribution is -2.51. The maximum Gasteiger partial charge on any atom is 0.272 e. The summed E-state index contributed by atoms with van der Waals surface area (Å²) in [7, 11) is 0. The lowest BCUT2D eigenvalue weighted by molar-refractivity contribution is -0.135. The molecule has 1 fully saturated rings. The van der Waals surface area contributed by atoms with E-state index in [9.17, 15) is 14.0 Å². The number of amides is 2. The van der Waals surface area contributed by atoms with Crippen LogP contribution in [0.15, 0.2) is 36.8 Å². The molecule has 25 heavy (non-hydrogen) atoms. The average Bonchev–Trinajstić information content (AvgIpc) is 3.11. The molecule has 1 aromatic heterocycles. The summed E-state index contributed by atoms with van der Waals surface area (Å²) in [4.78, 5) is 32.4. The molecule has 1 aliphatic rings. The van der Waals surface area contributed by atoms with Crippen LogP contribution in [-0.4, -0.2) is 57.3 Å². The van der Waals surface area contributed by atoms with Gasteiger partial charge in [-0.2, -0.15) is 0 Å². The number of hydrogen-bond acceptors (Lipinski definition) is 3. The van der Waals surface area contributed by atoms with Crippen LogP contribution in [0.4, 0.5) is 4.39 Å². The second-order valence-corrected chi connectivity index (χ2v) is 6.40. The third-order valence-corrected chi connectivity index (χ3v) is 4.33. The molecule has 7 heteroatoms. The summed E-state index contributed by atoms with van der Waals surface area (Å²) < 4.78 is 14.8. The first-order valence-corrected chi connectivity index (χ1v) is 8.33. The fourth-order valence-electron chi connectivity index (χ4n) is 2.92. The highest BCUT2D eigenvalue weighted by Crippen LogP contribution is 2.15. The first kappa shape index (κ1) is 17.1. The molecular formula is C18H21FN4O2. The molecule has 0 spiro atoms. The topological polar surface area (TPSA) is 58.4 Å². The zero-order valence-corrected chi connectivity index (χ0v) is 14.4. The zero-order valence-electron chi connectivity index (χ0n) is 14.4. The second kappa shape index (κ2) is 7.04. The van der Waals surface area contributed by atoms with Gasteiger partial charge in [0.25, 0.3) is 5.91 Å². The molecule has 2 heterocycles. The number of aromatic nitrogens is 2. The van der Waals surface area contributed by atoms with Crippen molar-refractivity contribution in [3.8, 4) is 5.69 Å². The molecule has 3 rings (SSSR count). The Hall–Kier alpha value is -2.70. The molecule has 1 aliphatic heterocycles. The molecular weight excluding hydrogens is 323 g/mol. The van der Waals surface area contributed by atoms with E-state index in [1.807, 2.05) is 13.8 Å². The minimum Gasteiger partial charge on any atom is -0.339 e. The Morgan fingerprint density at radius 1 is 1.04 bits per heavy atom. The first-order chi connectivity index (χ1) is 12.0. The Labute approximate surface area is 145 Å². The molecule has 1 saturated heterocycles. The van der Waals surface area contributed by atoms with Gasteiger partial charge < -0.3 is 9.80 Å². The van der Waals surface area contributed by atoms with Crippen molar-refractivity contribution in [2.75, 3.05) is 26.2 Å². The Morgan fingerprint density at radius 2 is 1.64 bits per heavy atom. The van der Waals surface area contributed by atoms with Gasteiger partial charge in [0.1, 0.15) is 11.5 Å². The van der Waals surface area contributed by atoms with Crippen molar-refractivity contribution in [1.82, 2.24) is 19.4 Å². The van der Waals surface area contributed by atoms with E-state index in [0.29, 0.717) is 37.6 Å². The number of carbonyl (C=O) groups is 2. The summed E-state index contributed by atoms with van der Waals surface area (Å²) in [6.45, 7) is 5.81. The van der Waals surface area contributed by atoms with Crippen molar-refractivity contribution in [2.45, 2.75) is 13.8 Å². The molecule has 0 aliphatic carbocycles. The van der Waals surface area contributed by atoms with E-state index in [1.165, 1.54) is 18.3 Å². The Balaban J connectivity index is 1.72. The number of carbonyl (C=O) groups excluding carboxylic acids is 2. The van der Waals surface area contributed by atoms with Crippen molar-refractivity contribution in [3.05, 3.63) is 48.3 Å². The van der Waals surface area contributed by atoms with E-state index in [2.05, 4.69) is 4.98 Å². The fraction of sp³-hybridized carbons (Fsp3) is 0.389. The molecule has 2 aromatic rings. The van der Waals surface area contributed by atoms with Crippen molar-refractivity contribution in [1.29, 1.82) is 0 Å². The summed E-state index contributed by atoms with van der Waals surface area (Å²) in [6.07, 6.45) is 3.05. The van der Waals surface area contributed by atoms with Crippen molar-refractivity contribution in [2.24, 2.45) is 5.92 Å². The fourth-order valence-corrected chi connectivity index (χ4v) is 2.92. The van der Waals surface area contributed by atoms with Gasteiger partial charge in [0.15, 0.2) is 0 Å². The van der Waals surface area contributed by atoms with Gasteiger partial charge in [0, 0.05) is 37.8 Å². The molecule has 132 valence electrons. The minimum absolute atomic E-state index is 0.0397. The molecule has 0 N–H and O–H groups in total. The first-order valence-electron chi connectivity index (χ1n) is 8.33. The van der Waals surface area contributed by atoms with Crippen LogP contribution in [0, 0.1) is 11.7 Å². The van der Waals surface area contributed by atoms with E-state index in [4.69, 9.17) is 0 Å². The van der Waals surface area contributed by atoms with Crippen LogP contribution in [-0.2, 0) is 4.79 Å². The van der Waals surface area contributed by atoms with Gasteiger partial charge in [-0.05, 0) is 24.3 Å². The van der Waals surface area contributed by atoms with Crippen LogP contribution in [0.2, 0.25) is 0 Å². The number of hydrogen-bond donors (Lipinski definition) is 0. The van der Waals surface area contributed by atoms with Gasteiger partial charge in [-0.1, -0.05) is 13.8 Å². The largest absolute Gasteiger partial charge is 0.339 e. The predicted octanol–water partition coefficient (Wildman–Crippen LogP) is 1.95. The number of nitrogens with zero attached hydrogens (tertiary/aromatic N) is 4. The predicted molar refractivity (Wildman–Crippen MR) is 90.8 cm³/mol. The number of imidazole rings is 1. The highest BCUT2D eigenvalue weighted by molar-refractivity contribution is 5.93. The lowest BCUT2D eigenvalue weighted by Gasteiger charge is -2.35.